The van der Waals surface area contributed by atoms with Crippen molar-refractivity contribution in [3.8, 4) is 11.5 Å². The van der Waals surface area contributed by atoms with E-state index in [0.29, 0.717) is 40.4 Å². The van der Waals surface area contributed by atoms with Crippen molar-refractivity contribution in [3.05, 3.63) is 56.6 Å². The molecule has 1 N–H and O–H groups in total. The Hall–Kier alpha value is -2.02. The zero-order chi connectivity index (χ0) is 18.4. The van der Waals surface area contributed by atoms with Crippen molar-refractivity contribution in [1.82, 2.24) is 0 Å². The topological polar surface area (TPSA) is 73.6 Å². The number of anilines is 1. The molecular weight excluding hydrogens is 367 g/mol. The number of nitrogens with zero attached hydrogens (tertiary/aromatic N) is 1. The zero-order valence-corrected chi connectivity index (χ0v) is 15.3. The van der Waals surface area contributed by atoms with Crippen molar-refractivity contribution < 1.29 is 14.4 Å². The summed E-state index contributed by atoms with van der Waals surface area (Å²) in [4.78, 5) is 10.7. The van der Waals surface area contributed by atoms with Gasteiger partial charge >= 0.3 is 0 Å². The van der Waals surface area contributed by atoms with Crippen LogP contribution in [0.15, 0.2) is 36.4 Å². The Bertz CT molecular complexity index is 753. The molecule has 2 aromatic rings. The SMILES string of the molecule is CC(C)OCCNc1cc(Oc2ccc(Cl)cc2Cl)ccc1[N+](=O)[O-]. The van der Waals surface area contributed by atoms with Gasteiger partial charge in [0.25, 0.3) is 5.69 Å². The van der Waals surface area contributed by atoms with Crippen LogP contribution in [-0.2, 0) is 4.74 Å². The molecule has 0 saturated carbocycles. The van der Waals surface area contributed by atoms with Gasteiger partial charge in [0.2, 0.25) is 0 Å². The number of rotatable bonds is 8. The first-order chi connectivity index (χ1) is 11.9. The molecule has 134 valence electrons. The average molecular weight is 385 g/mol. The van der Waals surface area contributed by atoms with Crippen LogP contribution in [0, 0.1) is 10.1 Å². The molecule has 0 radical (unpaired) electrons. The number of nitro benzene ring substituents is 1. The van der Waals surface area contributed by atoms with E-state index in [4.69, 9.17) is 32.7 Å². The molecule has 0 spiro atoms. The minimum atomic E-state index is -0.454. The van der Waals surface area contributed by atoms with Gasteiger partial charge in [0.05, 0.1) is 22.7 Å². The van der Waals surface area contributed by atoms with Gasteiger partial charge in [0, 0.05) is 23.7 Å². The molecule has 0 amide bonds. The Kier molecular flexibility index (Phi) is 6.87. The lowest BCUT2D eigenvalue weighted by atomic mass is 10.2. The standard InChI is InChI=1S/C17H18Cl2N2O4/c1-11(2)24-8-7-20-15-10-13(4-5-16(15)21(22)23)25-17-6-3-12(18)9-14(17)19/h3-6,9-11,20H,7-8H2,1-2H3. The zero-order valence-electron chi connectivity index (χ0n) is 13.8. The predicted molar refractivity (Wildman–Crippen MR) is 99.2 cm³/mol. The molecule has 0 atom stereocenters. The van der Waals surface area contributed by atoms with Crippen molar-refractivity contribution >= 4 is 34.6 Å². The Morgan fingerprint density at radius 1 is 1.20 bits per heavy atom. The largest absolute Gasteiger partial charge is 0.456 e. The quantitative estimate of drug-likeness (QED) is 0.367. The van der Waals surface area contributed by atoms with Crippen LogP contribution in [0.2, 0.25) is 10.0 Å². The summed E-state index contributed by atoms with van der Waals surface area (Å²) < 4.78 is 11.1. The van der Waals surface area contributed by atoms with Crippen molar-refractivity contribution in [2.24, 2.45) is 0 Å². The molecule has 6 nitrogen and oxygen atoms in total. The van der Waals surface area contributed by atoms with Gasteiger partial charge in [0.15, 0.2) is 0 Å². The van der Waals surface area contributed by atoms with Gasteiger partial charge in [-0.25, -0.2) is 0 Å². The van der Waals surface area contributed by atoms with Gasteiger partial charge in [-0.05, 0) is 38.1 Å². The summed E-state index contributed by atoms with van der Waals surface area (Å²) in [6.45, 7) is 4.71. The second kappa shape index (κ2) is 8.89. The molecule has 0 saturated heterocycles. The minimum absolute atomic E-state index is 0.0425. The fourth-order valence-electron chi connectivity index (χ4n) is 2.04. The van der Waals surface area contributed by atoms with E-state index in [2.05, 4.69) is 5.32 Å². The van der Waals surface area contributed by atoms with Crippen LogP contribution in [0.1, 0.15) is 13.8 Å². The highest BCUT2D eigenvalue weighted by Gasteiger charge is 2.15. The third-order valence-corrected chi connectivity index (χ3v) is 3.69. The van der Waals surface area contributed by atoms with E-state index < -0.39 is 4.92 Å². The third kappa shape index (κ3) is 5.77. The molecular formula is C17H18Cl2N2O4. The monoisotopic (exact) mass is 384 g/mol. The average Bonchev–Trinajstić information content (AvgIpc) is 2.54. The maximum atomic E-state index is 11.2. The maximum Gasteiger partial charge on any atom is 0.292 e. The summed E-state index contributed by atoms with van der Waals surface area (Å²) in [5, 5.41) is 15.0. The van der Waals surface area contributed by atoms with Crippen molar-refractivity contribution in [2.75, 3.05) is 18.5 Å². The van der Waals surface area contributed by atoms with Gasteiger partial charge in [0.1, 0.15) is 17.2 Å². The smallest absolute Gasteiger partial charge is 0.292 e. The molecule has 25 heavy (non-hydrogen) atoms. The molecule has 0 heterocycles. The third-order valence-electron chi connectivity index (χ3n) is 3.16. The Labute approximate surface area is 155 Å². The van der Waals surface area contributed by atoms with Gasteiger partial charge in [-0.2, -0.15) is 0 Å². The molecule has 8 heteroatoms. The van der Waals surface area contributed by atoms with Gasteiger partial charge in [-0.3, -0.25) is 10.1 Å². The predicted octanol–water partition coefficient (Wildman–Crippen LogP) is 5.53. The maximum absolute atomic E-state index is 11.2. The molecule has 0 aromatic heterocycles. The van der Waals surface area contributed by atoms with Crippen LogP contribution in [-0.4, -0.2) is 24.2 Å². The first-order valence-electron chi connectivity index (χ1n) is 7.63. The summed E-state index contributed by atoms with van der Waals surface area (Å²) in [6, 6.07) is 9.29. The normalized spacial score (nSPS) is 10.8. The van der Waals surface area contributed by atoms with Crippen LogP contribution in [0.25, 0.3) is 0 Å². The highest BCUT2D eigenvalue weighted by Crippen LogP contribution is 2.35. The van der Waals surface area contributed by atoms with E-state index >= 15 is 0 Å². The summed E-state index contributed by atoms with van der Waals surface area (Å²) in [5.74, 6) is 0.830. The number of benzene rings is 2. The molecule has 0 unspecified atom stereocenters. The summed E-state index contributed by atoms with van der Waals surface area (Å²) >= 11 is 11.9. The fraction of sp³-hybridized carbons (Fsp3) is 0.294. The number of nitrogens with one attached hydrogen (secondary N) is 1. The van der Waals surface area contributed by atoms with Crippen LogP contribution in [0.5, 0.6) is 11.5 Å². The summed E-state index contributed by atoms with van der Waals surface area (Å²) in [6.07, 6.45) is 0.0958. The molecule has 2 aromatic carbocycles. The number of halogens is 2. The van der Waals surface area contributed by atoms with Crippen molar-refractivity contribution in [1.29, 1.82) is 0 Å². The van der Waals surface area contributed by atoms with Crippen LogP contribution >= 0.6 is 23.2 Å². The fourth-order valence-corrected chi connectivity index (χ4v) is 2.49. The lowest BCUT2D eigenvalue weighted by Gasteiger charge is -2.12. The molecule has 0 fully saturated rings. The molecule has 2 rings (SSSR count). The first kappa shape index (κ1) is 19.3. The molecule has 0 aliphatic carbocycles. The lowest BCUT2D eigenvalue weighted by molar-refractivity contribution is -0.384. The molecule has 0 aliphatic heterocycles. The second-order valence-corrected chi connectivity index (χ2v) is 6.30. The minimum Gasteiger partial charge on any atom is -0.456 e. The van der Waals surface area contributed by atoms with E-state index in [1.54, 1.807) is 24.3 Å². The van der Waals surface area contributed by atoms with E-state index in [0.717, 1.165) is 0 Å². The lowest BCUT2D eigenvalue weighted by Crippen LogP contribution is -2.13. The van der Waals surface area contributed by atoms with Crippen LogP contribution in [0.3, 0.4) is 0 Å². The van der Waals surface area contributed by atoms with Crippen molar-refractivity contribution in [3.63, 3.8) is 0 Å². The van der Waals surface area contributed by atoms with Crippen LogP contribution < -0.4 is 10.1 Å². The summed E-state index contributed by atoms with van der Waals surface area (Å²) in [5.41, 5.74) is 0.305. The first-order valence-corrected chi connectivity index (χ1v) is 8.39. The molecule has 0 aliphatic rings. The van der Waals surface area contributed by atoms with E-state index in [9.17, 15) is 10.1 Å². The van der Waals surface area contributed by atoms with E-state index in [1.807, 2.05) is 13.8 Å². The number of nitro groups is 1. The van der Waals surface area contributed by atoms with E-state index in [-0.39, 0.29) is 11.8 Å². The van der Waals surface area contributed by atoms with Gasteiger partial charge < -0.3 is 14.8 Å². The Morgan fingerprint density at radius 2 is 1.96 bits per heavy atom. The van der Waals surface area contributed by atoms with Gasteiger partial charge in [-0.15, -0.1) is 0 Å². The van der Waals surface area contributed by atoms with Gasteiger partial charge in [-0.1, -0.05) is 23.2 Å². The molecule has 0 bridgehead atoms. The number of ether oxygens (including phenoxy) is 2. The highest BCUT2D eigenvalue weighted by atomic mass is 35.5. The van der Waals surface area contributed by atoms with E-state index in [1.165, 1.54) is 12.1 Å². The van der Waals surface area contributed by atoms with Crippen molar-refractivity contribution in [2.45, 2.75) is 20.0 Å². The summed E-state index contributed by atoms with van der Waals surface area (Å²) in [7, 11) is 0. The Balaban J connectivity index is 2.16. The number of hydrogen-bond acceptors (Lipinski definition) is 5. The highest BCUT2D eigenvalue weighted by molar-refractivity contribution is 6.35. The van der Waals surface area contributed by atoms with Crippen LogP contribution in [0.4, 0.5) is 11.4 Å². The Morgan fingerprint density at radius 3 is 2.60 bits per heavy atom. The second-order valence-electron chi connectivity index (χ2n) is 5.46. The number of hydrogen-bond donors (Lipinski definition) is 1.